The standard InChI is InChI=1S/C23H23N5O2/c1-3-4-12-25-23(30)19-20-22(27-18-11-6-5-10-17(18)26-20)28(21(19)24)16-9-7-8-15(13-16)14(2)29/h5-11,13H,3-4,12,24H2,1-2H3,(H,25,30). The molecule has 2 aromatic carbocycles. The van der Waals surface area contributed by atoms with E-state index in [-0.39, 0.29) is 17.5 Å². The second kappa shape index (κ2) is 7.94. The molecular weight excluding hydrogens is 378 g/mol. The Kier molecular flexibility index (Phi) is 5.18. The molecular formula is C23H23N5O2. The largest absolute Gasteiger partial charge is 0.384 e. The Balaban J connectivity index is 1.98. The van der Waals surface area contributed by atoms with Crippen LogP contribution in [0.4, 0.5) is 5.82 Å². The number of carbonyl (C=O) groups excluding carboxylic acids is 2. The zero-order chi connectivity index (χ0) is 21.3. The lowest BCUT2D eigenvalue weighted by Crippen LogP contribution is -2.25. The van der Waals surface area contributed by atoms with E-state index in [1.165, 1.54) is 6.92 Å². The number of nitrogens with one attached hydrogen (secondary N) is 1. The van der Waals surface area contributed by atoms with Gasteiger partial charge in [0.1, 0.15) is 16.9 Å². The fraction of sp³-hybridized carbons (Fsp3) is 0.217. The Morgan fingerprint density at radius 2 is 1.80 bits per heavy atom. The van der Waals surface area contributed by atoms with Crippen LogP contribution in [0.15, 0.2) is 48.5 Å². The minimum atomic E-state index is -0.281. The summed E-state index contributed by atoms with van der Waals surface area (Å²) in [4.78, 5) is 34.3. The summed E-state index contributed by atoms with van der Waals surface area (Å²) in [5.41, 5.74) is 10.3. The third kappa shape index (κ3) is 3.39. The molecule has 2 heterocycles. The lowest BCUT2D eigenvalue weighted by Gasteiger charge is -2.09. The van der Waals surface area contributed by atoms with E-state index in [9.17, 15) is 9.59 Å². The first-order valence-electron chi connectivity index (χ1n) is 9.97. The maximum absolute atomic E-state index is 13.0. The summed E-state index contributed by atoms with van der Waals surface area (Å²) in [6.07, 6.45) is 1.85. The van der Waals surface area contributed by atoms with Gasteiger partial charge < -0.3 is 11.1 Å². The summed E-state index contributed by atoms with van der Waals surface area (Å²) in [5.74, 6) is -0.0899. The number of ketones is 1. The highest BCUT2D eigenvalue weighted by molar-refractivity contribution is 6.11. The second-order valence-electron chi connectivity index (χ2n) is 7.20. The zero-order valence-electron chi connectivity index (χ0n) is 17.0. The lowest BCUT2D eigenvalue weighted by atomic mass is 10.1. The molecule has 1 amide bonds. The molecule has 4 aromatic rings. The zero-order valence-corrected chi connectivity index (χ0v) is 17.0. The maximum Gasteiger partial charge on any atom is 0.257 e. The van der Waals surface area contributed by atoms with Crippen molar-refractivity contribution in [1.29, 1.82) is 0 Å². The first-order chi connectivity index (χ1) is 14.5. The number of carbonyl (C=O) groups is 2. The van der Waals surface area contributed by atoms with E-state index in [0.29, 0.717) is 45.6 Å². The number of benzene rings is 2. The summed E-state index contributed by atoms with van der Waals surface area (Å²) < 4.78 is 1.69. The molecule has 30 heavy (non-hydrogen) atoms. The molecule has 0 aliphatic heterocycles. The number of aromatic nitrogens is 3. The Labute approximate surface area is 173 Å². The van der Waals surface area contributed by atoms with Crippen molar-refractivity contribution < 1.29 is 9.59 Å². The third-order valence-electron chi connectivity index (χ3n) is 5.05. The highest BCUT2D eigenvalue weighted by atomic mass is 16.1. The average molecular weight is 401 g/mol. The molecule has 0 aliphatic rings. The number of hydrogen-bond acceptors (Lipinski definition) is 5. The van der Waals surface area contributed by atoms with Gasteiger partial charge in [-0.2, -0.15) is 0 Å². The van der Waals surface area contributed by atoms with Gasteiger partial charge in [-0.05, 0) is 37.6 Å². The van der Waals surface area contributed by atoms with Crippen LogP contribution in [0.2, 0.25) is 0 Å². The van der Waals surface area contributed by atoms with E-state index >= 15 is 0 Å². The van der Waals surface area contributed by atoms with Gasteiger partial charge in [-0.1, -0.05) is 37.6 Å². The smallest absolute Gasteiger partial charge is 0.257 e. The molecule has 0 saturated carbocycles. The summed E-state index contributed by atoms with van der Waals surface area (Å²) in [6.45, 7) is 4.13. The number of hydrogen-bond donors (Lipinski definition) is 2. The molecule has 4 rings (SSSR count). The first kappa shape index (κ1) is 19.6. The number of Topliss-reactive ketones (excluding diaryl/α,β-unsaturated/α-hetero) is 1. The molecule has 0 fully saturated rings. The molecule has 0 atom stereocenters. The van der Waals surface area contributed by atoms with Gasteiger partial charge in [-0.15, -0.1) is 0 Å². The molecule has 0 unspecified atom stereocenters. The number of amides is 1. The van der Waals surface area contributed by atoms with Crippen LogP contribution in [0.3, 0.4) is 0 Å². The van der Waals surface area contributed by atoms with Crippen molar-refractivity contribution in [2.45, 2.75) is 26.7 Å². The number of nitrogens with zero attached hydrogens (tertiary/aromatic N) is 3. The Bertz CT molecular complexity index is 1280. The minimum Gasteiger partial charge on any atom is -0.384 e. The minimum absolute atomic E-state index is 0.0547. The molecule has 3 N–H and O–H groups in total. The topological polar surface area (TPSA) is 103 Å². The van der Waals surface area contributed by atoms with E-state index < -0.39 is 0 Å². The lowest BCUT2D eigenvalue weighted by molar-refractivity contribution is 0.0954. The van der Waals surface area contributed by atoms with Gasteiger partial charge in [0.25, 0.3) is 5.91 Å². The number of para-hydroxylation sites is 2. The van der Waals surface area contributed by atoms with Crippen LogP contribution in [-0.4, -0.2) is 32.8 Å². The van der Waals surface area contributed by atoms with E-state index in [2.05, 4.69) is 12.2 Å². The summed E-state index contributed by atoms with van der Waals surface area (Å²) >= 11 is 0. The molecule has 7 nitrogen and oxygen atoms in total. The van der Waals surface area contributed by atoms with E-state index in [4.69, 9.17) is 15.7 Å². The predicted molar refractivity (Wildman–Crippen MR) is 118 cm³/mol. The molecule has 0 radical (unpaired) electrons. The van der Waals surface area contributed by atoms with Crippen molar-refractivity contribution in [3.05, 3.63) is 59.7 Å². The molecule has 0 bridgehead atoms. The number of unbranched alkanes of at least 4 members (excludes halogenated alkanes) is 1. The van der Waals surface area contributed by atoms with Crippen molar-refractivity contribution in [2.75, 3.05) is 12.3 Å². The molecule has 0 spiro atoms. The van der Waals surface area contributed by atoms with E-state index in [0.717, 1.165) is 12.8 Å². The molecule has 0 saturated heterocycles. The maximum atomic E-state index is 13.0. The highest BCUT2D eigenvalue weighted by Gasteiger charge is 2.24. The monoisotopic (exact) mass is 401 g/mol. The molecule has 0 aliphatic carbocycles. The van der Waals surface area contributed by atoms with Gasteiger partial charge in [0, 0.05) is 17.8 Å². The van der Waals surface area contributed by atoms with Crippen LogP contribution >= 0.6 is 0 Å². The van der Waals surface area contributed by atoms with Crippen LogP contribution in [0.25, 0.3) is 27.9 Å². The summed E-state index contributed by atoms with van der Waals surface area (Å²) in [6, 6.07) is 14.6. The normalized spacial score (nSPS) is 11.1. The Morgan fingerprint density at radius 3 is 2.50 bits per heavy atom. The van der Waals surface area contributed by atoms with Gasteiger partial charge in [0.2, 0.25) is 0 Å². The van der Waals surface area contributed by atoms with Gasteiger partial charge >= 0.3 is 0 Å². The van der Waals surface area contributed by atoms with Crippen LogP contribution in [-0.2, 0) is 0 Å². The molecule has 2 aromatic heterocycles. The van der Waals surface area contributed by atoms with Crippen molar-refractivity contribution in [2.24, 2.45) is 0 Å². The van der Waals surface area contributed by atoms with Gasteiger partial charge in [-0.25, -0.2) is 9.97 Å². The Morgan fingerprint density at radius 1 is 1.07 bits per heavy atom. The SMILES string of the molecule is CCCCNC(=O)c1c(N)n(-c2cccc(C(C)=O)c2)c2nc3ccccc3nc12. The number of anilines is 1. The third-order valence-corrected chi connectivity index (χ3v) is 5.05. The number of rotatable bonds is 6. The summed E-state index contributed by atoms with van der Waals surface area (Å²) in [7, 11) is 0. The summed E-state index contributed by atoms with van der Waals surface area (Å²) in [5, 5.41) is 2.92. The fourth-order valence-corrected chi connectivity index (χ4v) is 3.48. The second-order valence-corrected chi connectivity index (χ2v) is 7.20. The number of nitrogen functional groups attached to an aromatic ring is 1. The van der Waals surface area contributed by atoms with Gasteiger partial charge in [0.15, 0.2) is 11.4 Å². The quantitative estimate of drug-likeness (QED) is 0.377. The Hall–Kier alpha value is -3.74. The van der Waals surface area contributed by atoms with Crippen molar-refractivity contribution >= 4 is 39.7 Å². The van der Waals surface area contributed by atoms with Gasteiger partial charge in [-0.3, -0.25) is 14.2 Å². The molecule has 152 valence electrons. The highest BCUT2D eigenvalue weighted by Crippen LogP contribution is 2.31. The number of nitrogens with two attached hydrogens (primary N) is 1. The van der Waals surface area contributed by atoms with Crippen molar-refractivity contribution in [3.8, 4) is 5.69 Å². The van der Waals surface area contributed by atoms with Crippen LogP contribution in [0.5, 0.6) is 0 Å². The van der Waals surface area contributed by atoms with Crippen LogP contribution < -0.4 is 11.1 Å². The van der Waals surface area contributed by atoms with E-state index in [1.807, 2.05) is 30.3 Å². The van der Waals surface area contributed by atoms with Gasteiger partial charge in [0.05, 0.1) is 11.0 Å². The number of fused-ring (bicyclic) bond motifs is 2. The predicted octanol–water partition coefficient (Wildman–Crippen LogP) is 3.89. The van der Waals surface area contributed by atoms with Crippen molar-refractivity contribution in [3.63, 3.8) is 0 Å². The average Bonchev–Trinajstić information content (AvgIpc) is 3.03. The molecule has 7 heteroatoms. The van der Waals surface area contributed by atoms with Crippen molar-refractivity contribution in [1.82, 2.24) is 19.9 Å². The fourth-order valence-electron chi connectivity index (χ4n) is 3.48. The van der Waals surface area contributed by atoms with Crippen LogP contribution in [0, 0.1) is 0 Å². The van der Waals surface area contributed by atoms with Crippen LogP contribution in [0.1, 0.15) is 47.4 Å². The first-order valence-corrected chi connectivity index (χ1v) is 9.97. The van der Waals surface area contributed by atoms with E-state index in [1.54, 1.807) is 22.8 Å².